The van der Waals surface area contributed by atoms with Gasteiger partial charge in [-0.2, -0.15) is 0 Å². The summed E-state index contributed by atoms with van der Waals surface area (Å²) < 4.78 is 0. The molecule has 2 aliphatic carbocycles. The summed E-state index contributed by atoms with van der Waals surface area (Å²) in [6, 6.07) is 0.902. The van der Waals surface area contributed by atoms with Crippen molar-refractivity contribution in [3.63, 3.8) is 0 Å². The summed E-state index contributed by atoms with van der Waals surface area (Å²) in [5, 5.41) is 3.73. The first kappa shape index (κ1) is 8.55. The van der Waals surface area contributed by atoms with Gasteiger partial charge in [0.1, 0.15) is 0 Å². The molecule has 0 heterocycles. The monoisotopic (exact) mass is 167 g/mol. The van der Waals surface area contributed by atoms with Gasteiger partial charge in [-0.25, -0.2) is 0 Å². The molecule has 0 radical (unpaired) electrons. The van der Waals surface area contributed by atoms with E-state index in [1.165, 1.54) is 45.1 Å². The van der Waals surface area contributed by atoms with Crippen molar-refractivity contribution in [1.29, 1.82) is 0 Å². The van der Waals surface area contributed by atoms with Crippen LogP contribution in [0.2, 0.25) is 0 Å². The smallest absolute Gasteiger partial charge is 0.0124 e. The zero-order valence-electron chi connectivity index (χ0n) is 8.18. The SMILES string of the molecule is CCCNC(C1CCC1)C1CC1. The molecule has 1 nitrogen and oxygen atoms in total. The third-order valence-electron chi connectivity index (χ3n) is 3.42. The molecule has 0 amide bonds. The Morgan fingerprint density at radius 1 is 1.17 bits per heavy atom. The van der Waals surface area contributed by atoms with Crippen LogP contribution in [0.15, 0.2) is 0 Å². The molecule has 2 rings (SSSR count). The fourth-order valence-electron chi connectivity index (χ4n) is 2.28. The summed E-state index contributed by atoms with van der Waals surface area (Å²) in [6.45, 7) is 3.50. The maximum absolute atomic E-state index is 3.73. The molecule has 1 N–H and O–H groups in total. The van der Waals surface area contributed by atoms with E-state index in [0.717, 1.165) is 17.9 Å². The molecule has 1 atom stereocenters. The van der Waals surface area contributed by atoms with E-state index in [2.05, 4.69) is 12.2 Å². The number of rotatable bonds is 5. The predicted octanol–water partition coefficient (Wildman–Crippen LogP) is 2.56. The van der Waals surface area contributed by atoms with Gasteiger partial charge in [0.25, 0.3) is 0 Å². The second-order valence-electron chi connectivity index (χ2n) is 4.51. The largest absolute Gasteiger partial charge is 0.313 e. The molecule has 2 saturated carbocycles. The molecular formula is C11H21N. The molecule has 1 heteroatoms. The highest BCUT2D eigenvalue weighted by Gasteiger charge is 2.38. The lowest BCUT2D eigenvalue weighted by atomic mass is 9.78. The zero-order valence-corrected chi connectivity index (χ0v) is 8.18. The third-order valence-corrected chi connectivity index (χ3v) is 3.42. The van der Waals surface area contributed by atoms with Crippen molar-refractivity contribution in [2.75, 3.05) is 6.54 Å². The van der Waals surface area contributed by atoms with E-state index < -0.39 is 0 Å². The van der Waals surface area contributed by atoms with Gasteiger partial charge < -0.3 is 5.32 Å². The van der Waals surface area contributed by atoms with Crippen LogP contribution in [-0.2, 0) is 0 Å². The Morgan fingerprint density at radius 3 is 2.25 bits per heavy atom. The summed E-state index contributed by atoms with van der Waals surface area (Å²) >= 11 is 0. The minimum atomic E-state index is 0.902. The normalized spacial score (nSPS) is 26.8. The first-order chi connectivity index (χ1) is 5.92. The molecule has 0 saturated heterocycles. The molecule has 0 aromatic heterocycles. The van der Waals surface area contributed by atoms with Gasteiger partial charge in [-0.1, -0.05) is 13.3 Å². The molecule has 0 aromatic carbocycles. The first-order valence-electron chi connectivity index (χ1n) is 5.65. The standard InChI is InChI=1S/C11H21N/c1-2-8-12-11(10-6-7-10)9-4-3-5-9/h9-12H,2-8H2,1H3. The van der Waals surface area contributed by atoms with Gasteiger partial charge in [0.05, 0.1) is 0 Å². The Labute approximate surface area is 75.9 Å². The lowest BCUT2D eigenvalue weighted by Crippen LogP contribution is -2.41. The number of nitrogens with one attached hydrogen (secondary N) is 1. The van der Waals surface area contributed by atoms with E-state index in [9.17, 15) is 0 Å². The van der Waals surface area contributed by atoms with Gasteiger partial charge in [-0.15, -0.1) is 0 Å². The maximum Gasteiger partial charge on any atom is 0.0124 e. The number of hydrogen-bond acceptors (Lipinski definition) is 1. The maximum atomic E-state index is 3.73. The van der Waals surface area contributed by atoms with Crippen molar-refractivity contribution in [3.8, 4) is 0 Å². The molecule has 70 valence electrons. The topological polar surface area (TPSA) is 12.0 Å². The number of hydrogen-bond donors (Lipinski definition) is 1. The van der Waals surface area contributed by atoms with Gasteiger partial charge in [0, 0.05) is 6.04 Å². The van der Waals surface area contributed by atoms with E-state index in [0.29, 0.717) is 0 Å². The summed E-state index contributed by atoms with van der Waals surface area (Å²) in [4.78, 5) is 0. The Balaban J connectivity index is 1.75. The lowest BCUT2D eigenvalue weighted by Gasteiger charge is -2.34. The van der Waals surface area contributed by atoms with E-state index in [1.54, 1.807) is 0 Å². The van der Waals surface area contributed by atoms with E-state index in [-0.39, 0.29) is 0 Å². The highest BCUT2D eigenvalue weighted by Crippen LogP contribution is 2.42. The van der Waals surface area contributed by atoms with Crippen LogP contribution in [0.25, 0.3) is 0 Å². The third kappa shape index (κ3) is 1.82. The van der Waals surface area contributed by atoms with E-state index >= 15 is 0 Å². The highest BCUT2D eigenvalue weighted by molar-refractivity contribution is 4.93. The van der Waals surface area contributed by atoms with Gasteiger partial charge in [-0.3, -0.25) is 0 Å². The highest BCUT2D eigenvalue weighted by atomic mass is 14.9. The average Bonchev–Trinajstić information content (AvgIpc) is 2.75. The molecular weight excluding hydrogens is 146 g/mol. The Hall–Kier alpha value is -0.0400. The van der Waals surface area contributed by atoms with Crippen LogP contribution in [-0.4, -0.2) is 12.6 Å². The lowest BCUT2D eigenvalue weighted by molar-refractivity contribution is 0.210. The van der Waals surface area contributed by atoms with Crippen LogP contribution in [0.1, 0.15) is 45.4 Å². The molecule has 2 fully saturated rings. The van der Waals surface area contributed by atoms with Gasteiger partial charge in [0.2, 0.25) is 0 Å². The van der Waals surface area contributed by atoms with E-state index in [4.69, 9.17) is 0 Å². The van der Waals surface area contributed by atoms with Gasteiger partial charge >= 0.3 is 0 Å². The van der Waals surface area contributed by atoms with Crippen molar-refractivity contribution >= 4 is 0 Å². The average molecular weight is 167 g/mol. The second-order valence-corrected chi connectivity index (χ2v) is 4.51. The second kappa shape index (κ2) is 3.78. The Morgan fingerprint density at radius 2 is 1.83 bits per heavy atom. The van der Waals surface area contributed by atoms with Crippen LogP contribution in [0.3, 0.4) is 0 Å². The van der Waals surface area contributed by atoms with E-state index in [1.807, 2.05) is 0 Å². The van der Waals surface area contributed by atoms with Gasteiger partial charge in [-0.05, 0) is 50.5 Å². The van der Waals surface area contributed by atoms with Crippen LogP contribution in [0.5, 0.6) is 0 Å². The summed E-state index contributed by atoms with van der Waals surface area (Å²) in [5.74, 6) is 2.10. The van der Waals surface area contributed by atoms with Gasteiger partial charge in [0.15, 0.2) is 0 Å². The van der Waals surface area contributed by atoms with Crippen LogP contribution >= 0.6 is 0 Å². The molecule has 1 unspecified atom stereocenters. The van der Waals surface area contributed by atoms with Crippen molar-refractivity contribution < 1.29 is 0 Å². The molecule has 2 aliphatic rings. The Kier molecular flexibility index (Phi) is 2.69. The van der Waals surface area contributed by atoms with Crippen molar-refractivity contribution in [2.45, 2.75) is 51.5 Å². The molecule has 0 bridgehead atoms. The predicted molar refractivity (Wildman–Crippen MR) is 52.1 cm³/mol. The van der Waals surface area contributed by atoms with Crippen LogP contribution in [0, 0.1) is 11.8 Å². The first-order valence-corrected chi connectivity index (χ1v) is 5.65. The molecule has 0 spiro atoms. The molecule has 0 aromatic rings. The molecule has 0 aliphatic heterocycles. The summed E-state index contributed by atoms with van der Waals surface area (Å²) in [6.07, 6.45) is 8.77. The van der Waals surface area contributed by atoms with Crippen LogP contribution < -0.4 is 5.32 Å². The quantitative estimate of drug-likeness (QED) is 0.663. The van der Waals surface area contributed by atoms with Crippen molar-refractivity contribution in [3.05, 3.63) is 0 Å². The van der Waals surface area contributed by atoms with Crippen molar-refractivity contribution in [2.24, 2.45) is 11.8 Å². The fraction of sp³-hybridized carbons (Fsp3) is 1.00. The van der Waals surface area contributed by atoms with Crippen LogP contribution in [0.4, 0.5) is 0 Å². The summed E-state index contributed by atoms with van der Waals surface area (Å²) in [5.41, 5.74) is 0. The van der Waals surface area contributed by atoms with Crippen molar-refractivity contribution in [1.82, 2.24) is 5.32 Å². The summed E-state index contributed by atoms with van der Waals surface area (Å²) in [7, 11) is 0. The zero-order chi connectivity index (χ0) is 8.39. The molecule has 12 heavy (non-hydrogen) atoms. The minimum Gasteiger partial charge on any atom is -0.313 e. The Bertz CT molecular complexity index is 136. The fourth-order valence-corrected chi connectivity index (χ4v) is 2.28. The minimum absolute atomic E-state index is 0.902.